The van der Waals surface area contributed by atoms with Crippen molar-refractivity contribution in [1.29, 1.82) is 0 Å². The molecule has 0 unspecified atom stereocenters. The van der Waals surface area contributed by atoms with Gasteiger partial charge in [0.05, 0.1) is 16.7 Å². The summed E-state index contributed by atoms with van der Waals surface area (Å²) < 4.78 is 99.7. The van der Waals surface area contributed by atoms with Crippen LogP contribution in [-0.2, 0) is 32.8 Å². The first-order valence-corrected chi connectivity index (χ1v) is 25.5. The number of amides is 1. The van der Waals surface area contributed by atoms with E-state index in [2.05, 4.69) is 10.2 Å². The van der Waals surface area contributed by atoms with E-state index in [-0.39, 0.29) is 17.9 Å². The lowest BCUT2D eigenvalue weighted by atomic mass is 9.84. The summed E-state index contributed by atoms with van der Waals surface area (Å²) in [6, 6.07) is 35.9. The molecular weight excluding hydrogens is 941 g/mol. The number of anilines is 2. The number of carbonyl (C=O) groups is 1. The third kappa shape index (κ3) is 11.5. The number of aliphatic hydroxyl groups excluding tert-OH is 1. The summed E-state index contributed by atoms with van der Waals surface area (Å²) in [5, 5.41) is 15.1. The number of hydrogen-bond acceptors (Lipinski definition) is 9. The molecule has 3 N–H and O–H groups in total. The molecular formula is C47H45Cl2F3N4O6S3. The topological polar surface area (TPSA) is 138 Å². The fourth-order valence-corrected chi connectivity index (χ4v) is 11.1. The summed E-state index contributed by atoms with van der Waals surface area (Å²) in [5.41, 5.74) is -2.04. The van der Waals surface area contributed by atoms with E-state index < -0.39 is 58.9 Å². The lowest BCUT2D eigenvalue weighted by molar-refractivity contribution is -0.0435. The van der Waals surface area contributed by atoms with Gasteiger partial charge < -0.3 is 19.9 Å². The number of rotatable bonds is 17. The van der Waals surface area contributed by atoms with Crippen molar-refractivity contribution < 1.29 is 39.9 Å². The molecule has 2 heterocycles. The van der Waals surface area contributed by atoms with Crippen LogP contribution in [0.15, 0.2) is 154 Å². The average Bonchev–Trinajstić information content (AvgIpc) is 3.74. The molecule has 342 valence electrons. The largest absolute Gasteiger partial charge is 0.501 e. The number of aliphatic hydroxyl groups is 1. The second-order valence-electron chi connectivity index (χ2n) is 15.5. The fraction of sp³-hybridized carbons (Fsp3) is 0.255. The van der Waals surface area contributed by atoms with Crippen molar-refractivity contribution in [1.82, 2.24) is 9.29 Å². The van der Waals surface area contributed by atoms with Crippen molar-refractivity contribution in [3.63, 3.8) is 0 Å². The molecule has 1 fully saturated rings. The maximum atomic E-state index is 14.2. The van der Waals surface area contributed by atoms with Gasteiger partial charge in [-0.2, -0.15) is 13.2 Å². The highest BCUT2D eigenvalue weighted by atomic mass is 35.5. The molecule has 0 spiro atoms. The number of nitrogens with one attached hydrogen (secondary N) is 2. The second-order valence-corrected chi connectivity index (χ2v) is 21.0. The van der Waals surface area contributed by atoms with Crippen LogP contribution in [0.2, 0.25) is 5.02 Å². The van der Waals surface area contributed by atoms with Gasteiger partial charge in [0.25, 0.3) is 25.8 Å². The Morgan fingerprint density at radius 2 is 1.52 bits per heavy atom. The first-order chi connectivity index (χ1) is 31.0. The number of benzene rings is 5. The van der Waals surface area contributed by atoms with Gasteiger partial charge in [-0.1, -0.05) is 66.2 Å². The van der Waals surface area contributed by atoms with Crippen LogP contribution in [0.5, 0.6) is 0 Å². The van der Waals surface area contributed by atoms with Crippen LogP contribution in [0.4, 0.5) is 24.5 Å². The predicted octanol–water partition coefficient (Wildman–Crippen LogP) is 10.2. The number of nitrogens with zero attached hydrogens (tertiary/aromatic N) is 2. The second kappa shape index (κ2) is 20.7. The third-order valence-corrected chi connectivity index (χ3v) is 15.7. The molecule has 0 bridgehead atoms. The monoisotopic (exact) mass is 984 g/mol. The molecule has 2 atom stereocenters. The van der Waals surface area contributed by atoms with Gasteiger partial charge in [-0.3, -0.25) is 4.79 Å². The quantitative estimate of drug-likeness (QED) is 0.0602. The number of aromatic nitrogens is 1. The van der Waals surface area contributed by atoms with E-state index in [1.54, 1.807) is 18.2 Å². The number of thioether (sulfide) groups is 1. The van der Waals surface area contributed by atoms with E-state index >= 15 is 0 Å². The zero-order chi connectivity index (χ0) is 46.4. The molecule has 1 aliphatic rings. The molecule has 1 saturated heterocycles. The number of alkyl halides is 4. The van der Waals surface area contributed by atoms with Gasteiger partial charge in [0.1, 0.15) is 4.90 Å². The Labute approximate surface area is 390 Å². The molecule has 1 aliphatic heterocycles. The smallest absolute Gasteiger partial charge is 0.388 e. The normalized spacial score (nSPS) is 14.8. The Bertz CT molecular complexity index is 2810. The van der Waals surface area contributed by atoms with Gasteiger partial charge >= 0.3 is 5.51 Å². The maximum absolute atomic E-state index is 14.2. The van der Waals surface area contributed by atoms with Crippen molar-refractivity contribution in [2.24, 2.45) is 5.92 Å². The fourth-order valence-electron chi connectivity index (χ4n) is 7.86. The van der Waals surface area contributed by atoms with E-state index in [9.17, 15) is 39.9 Å². The molecule has 18 heteroatoms. The minimum atomic E-state index is -6.11. The average molecular weight is 986 g/mol. The number of aryl methyl sites for hydroxylation is 1. The highest BCUT2D eigenvalue weighted by molar-refractivity contribution is 7.99. The maximum Gasteiger partial charge on any atom is 0.501 e. The number of sulfone groups is 1. The van der Waals surface area contributed by atoms with Crippen molar-refractivity contribution in [3.8, 4) is 11.1 Å². The molecule has 0 aliphatic carbocycles. The summed E-state index contributed by atoms with van der Waals surface area (Å²) in [6.07, 6.45) is 2.70. The van der Waals surface area contributed by atoms with Crippen molar-refractivity contribution in [3.05, 3.63) is 162 Å². The first kappa shape index (κ1) is 48.0. The highest BCUT2D eigenvalue weighted by Gasteiger charge is 2.48. The Kier molecular flexibility index (Phi) is 15.3. The Morgan fingerprint density at radius 1 is 0.846 bits per heavy atom. The number of hydrogen-bond donors (Lipinski definition) is 3. The number of halogens is 5. The van der Waals surface area contributed by atoms with Crippen LogP contribution in [0.25, 0.3) is 11.1 Å². The summed E-state index contributed by atoms with van der Waals surface area (Å²) in [5.74, 6) is -0.498. The van der Waals surface area contributed by atoms with E-state index in [0.717, 1.165) is 45.1 Å². The van der Waals surface area contributed by atoms with Crippen LogP contribution in [0.1, 0.15) is 40.6 Å². The summed E-state index contributed by atoms with van der Waals surface area (Å²) in [7, 11) is -11.0. The van der Waals surface area contributed by atoms with E-state index in [1.165, 1.54) is 23.9 Å². The van der Waals surface area contributed by atoms with Crippen LogP contribution in [0, 0.1) is 5.92 Å². The molecule has 6 aromatic rings. The predicted molar refractivity (Wildman–Crippen MR) is 251 cm³/mol. The van der Waals surface area contributed by atoms with Gasteiger partial charge in [0.15, 0.2) is 0 Å². The Hall–Kier alpha value is -4.97. The van der Waals surface area contributed by atoms with Gasteiger partial charge in [-0.05, 0) is 114 Å². The zero-order valence-corrected chi connectivity index (χ0v) is 38.6. The molecule has 1 amide bonds. The lowest BCUT2D eigenvalue weighted by Crippen LogP contribution is -2.36. The molecule has 0 saturated carbocycles. The molecule has 10 nitrogen and oxygen atoms in total. The van der Waals surface area contributed by atoms with E-state index in [1.807, 2.05) is 100 Å². The van der Waals surface area contributed by atoms with Crippen LogP contribution in [0.3, 0.4) is 0 Å². The van der Waals surface area contributed by atoms with Gasteiger partial charge in [0.2, 0.25) is 0 Å². The highest BCUT2D eigenvalue weighted by Crippen LogP contribution is 2.39. The van der Waals surface area contributed by atoms with Gasteiger partial charge in [-0.15, -0.1) is 23.4 Å². The van der Waals surface area contributed by atoms with Crippen molar-refractivity contribution in [2.45, 2.75) is 58.1 Å². The number of piperidine rings is 1. The SMILES string of the molecule is O=C(NS(=O)(=O)c1ccc(N[C@@H](CSc2ccccc2)Cc2cccn2CCCl)c(S(=O)(=O)C(F)(F)F)c1)c1ccc(N2CCC([C@@H](O)c3ccccc3-c3ccc(Cl)cc3)CC2)cc1. The summed E-state index contributed by atoms with van der Waals surface area (Å²) >= 11 is 13.5. The lowest BCUT2D eigenvalue weighted by Gasteiger charge is -2.36. The van der Waals surface area contributed by atoms with Crippen molar-refractivity contribution in [2.75, 3.05) is 34.9 Å². The van der Waals surface area contributed by atoms with E-state index in [4.69, 9.17) is 23.2 Å². The summed E-state index contributed by atoms with van der Waals surface area (Å²) in [4.78, 5) is 14.1. The number of carbonyl (C=O) groups excluding carboxylic acids is 1. The zero-order valence-electron chi connectivity index (χ0n) is 34.7. The van der Waals surface area contributed by atoms with Crippen LogP contribution in [-0.4, -0.2) is 68.7 Å². The molecule has 65 heavy (non-hydrogen) atoms. The molecule has 5 aromatic carbocycles. The molecule has 0 radical (unpaired) electrons. The van der Waals surface area contributed by atoms with Crippen molar-refractivity contribution >= 4 is 72.1 Å². The van der Waals surface area contributed by atoms with Gasteiger partial charge in [0, 0.05) is 76.8 Å². The molecule has 7 rings (SSSR count). The Morgan fingerprint density at radius 3 is 2.20 bits per heavy atom. The first-order valence-electron chi connectivity index (χ1n) is 20.6. The third-order valence-electron chi connectivity index (χ3n) is 11.3. The van der Waals surface area contributed by atoms with Crippen LogP contribution >= 0.6 is 35.0 Å². The summed E-state index contributed by atoms with van der Waals surface area (Å²) in [6.45, 7) is 1.67. The molecule has 1 aromatic heterocycles. The van der Waals surface area contributed by atoms with Crippen LogP contribution < -0.4 is 14.9 Å². The van der Waals surface area contributed by atoms with E-state index in [0.29, 0.717) is 55.2 Å². The van der Waals surface area contributed by atoms with Gasteiger partial charge in [-0.25, -0.2) is 21.6 Å². The Balaban J connectivity index is 1.05. The number of sulfonamides is 1. The minimum absolute atomic E-state index is 0.0224. The minimum Gasteiger partial charge on any atom is -0.388 e. The standard InChI is InChI=1S/C47H45Cl2F3N4O6S3/c48-24-28-55-25-6-7-38(55)29-36(31-63-39-8-2-1-3-9-39)53-43-21-20-40(30-44(43)64(59,60)47(50,51)52)65(61,62)54-46(58)34-14-18-37(19-15-34)56-26-22-33(23-27-56)45(57)42-11-5-4-10-41(42)32-12-16-35(49)17-13-32/h1-21,25,30,33,36,45,53,57H,22-24,26-29,31H2,(H,54,58)/t36-,45-/m1/s1.